The molecular formula is C22H23ClN2O. The molecule has 1 unspecified atom stereocenters. The number of benzene rings is 2. The van der Waals surface area contributed by atoms with Crippen molar-refractivity contribution < 1.29 is 4.79 Å². The number of amides is 1. The summed E-state index contributed by atoms with van der Waals surface area (Å²) >= 11 is 6.03. The molecule has 3 aromatic rings. The van der Waals surface area contributed by atoms with E-state index < -0.39 is 5.91 Å². The summed E-state index contributed by atoms with van der Waals surface area (Å²) in [6.07, 6.45) is 1.95. The number of hydrogen-bond donors (Lipinski definition) is 1. The predicted molar refractivity (Wildman–Crippen MR) is 108 cm³/mol. The molecule has 0 aliphatic heterocycles. The highest BCUT2D eigenvalue weighted by atomic mass is 35.5. The molecule has 2 N–H and O–H groups in total. The molecule has 1 amide bonds. The van der Waals surface area contributed by atoms with Crippen LogP contribution in [0.1, 0.15) is 41.0 Å². The van der Waals surface area contributed by atoms with Crippen molar-refractivity contribution in [2.75, 3.05) is 0 Å². The van der Waals surface area contributed by atoms with Gasteiger partial charge in [0.05, 0.1) is 5.56 Å². The van der Waals surface area contributed by atoms with Crippen molar-refractivity contribution in [2.45, 2.75) is 32.7 Å². The lowest BCUT2D eigenvalue weighted by atomic mass is 10.1. The van der Waals surface area contributed by atoms with Crippen molar-refractivity contribution >= 4 is 17.5 Å². The quantitative estimate of drug-likeness (QED) is 0.623. The zero-order valence-corrected chi connectivity index (χ0v) is 15.8. The molecule has 4 heteroatoms. The SMILES string of the molecule is Cc1c(C(N)=O)cc(-c2ccc(Cl)cc2)n1C(C)CCc1ccccc1. The van der Waals surface area contributed by atoms with Crippen LogP contribution in [0, 0.1) is 6.92 Å². The van der Waals surface area contributed by atoms with E-state index in [-0.39, 0.29) is 6.04 Å². The first-order chi connectivity index (χ1) is 12.5. The number of aryl methyl sites for hydroxylation is 1. The summed E-state index contributed by atoms with van der Waals surface area (Å²) in [6.45, 7) is 4.14. The molecule has 0 radical (unpaired) electrons. The van der Waals surface area contributed by atoms with Gasteiger partial charge in [-0.3, -0.25) is 4.79 Å². The Balaban J connectivity index is 1.95. The summed E-state index contributed by atoms with van der Waals surface area (Å²) in [5.74, 6) is -0.397. The van der Waals surface area contributed by atoms with Gasteiger partial charge in [-0.25, -0.2) is 0 Å². The molecule has 0 saturated carbocycles. The fourth-order valence-electron chi connectivity index (χ4n) is 3.43. The highest BCUT2D eigenvalue weighted by molar-refractivity contribution is 6.30. The Kier molecular flexibility index (Phi) is 5.48. The Hall–Kier alpha value is -2.52. The van der Waals surface area contributed by atoms with Crippen LogP contribution >= 0.6 is 11.6 Å². The van der Waals surface area contributed by atoms with Crippen molar-refractivity contribution in [1.82, 2.24) is 4.57 Å². The Morgan fingerprint density at radius 1 is 1.12 bits per heavy atom. The third-order valence-electron chi connectivity index (χ3n) is 4.83. The summed E-state index contributed by atoms with van der Waals surface area (Å²) in [4.78, 5) is 11.9. The number of carbonyl (C=O) groups is 1. The molecule has 134 valence electrons. The van der Waals surface area contributed by atoms with E-state index >= 15 is 0 Å². The van der Waals surface area contributed by atoms with Gasteiger partial charge < -0.3 is 10.3 Å². The van der Waals surface area contributed by atoms with E-state index in [0.29, 0.717) is 10.6 Å². The first kappa shape index (κ1) is 18.3. The molecule has 1 heterocycles. The Bertz CT molecular complexity index is 898. The van der Waals surface area contributed by atoms with Gasteiger partial charge in [0, 0.05) is 22.5 Å². The maximum Gasteiger partial charge on any atom is 0.250 e. The van der Waals surface area contributed by atoms with Gasteiger partial charge in [0.15, 0.2) is 0 Å². The molecule has 0 fully saturated rings. The average Bonchev–Trinajstić information content (AvgIpc) is 2.99. The van der Waals surface area contributed by atoms with Gasteiger partial charge in [-0.2, -0.15) is 0 Å². The summed E-state index contributed by atoms with van der Waals surface area (Å²) in [7, 11) is 0. The first-order valence-electron chi connectivity index (χ1n) is 8.79. The van der Waals surface area contributed by atoms with E-state index in [1.807, 2.05) is 43.3 Å². The summed E-state index contributed by atoms with van der Waals surface area (Å²) in [5, 5.41) is 0.691. The molecule has 0 saturated heterocycles. The summed E-state index contributed by atoms with van der Waals surface area (Å²) in [5.41, 5.74) is 10.4. The fourth-order valence-corrected chi connectivity index (χ4v) is 3.56. The predicted octanol–water partition coefficient (Wildman–Crippen LogP) is 5.41. The number of aromatic nitrogens is 1. The highest BCUT2D eigenvalue weighted by Crippen LogP contribution is 2.31. The van der Waals surface area contributed by atoms with Crippen LogP contribution in [-0.2, 0) is 6.42 Å². The molecule has 1 aromatic heterocycles. The fraction of sp³-hybridized carbons (Fsp3) is 0.227. The average molecular weight is 367 g/mol. The van der Waals surface area contributed by atoms with Crippen molar-refractivity contribution in [2.24, 2.45) is 5.73 Å². The minimum absolute atomic E-state index is 0.231. The highest BCUT2D eigenvalue weighted by Gasteiger charge is 2.20. The maximum absolute atomic E-state index is 11.9. The molecule has 3 nitrogen and oxygen atoms in total. The van der Waals surface area contributed by atoms with Crippen LogP contribution in [0.15, 0.2) is 60.7 Å². The normalized spacial score (nSPS) is 12.1. The Morgan fingerprint density at radius 3 is 2.38 bits per heavy atom. The van der Waals surface area contributed by atoms with Crippen molar-refractivity contribution in [3.05, 3.63) is 82.5 Å². The molecule has 0 bridgehead atoms. The third kappa shape index (κ3) is 3.83. The van der Waals surface area contributed by atoms with Crippen molar-refractivity contribution in [3.63, 3.8) is 0 Å². The minimum atomic E-state index is -0.397. The Morgan fingerprint density at radius 2 is 1.77 bits per heavy atom. The standard InChI is InChI=1S/C22H23ClN2O/c1-15(8-9-17-6-4-3-5-7-17)25-16(2)20(22(24)26)14-21(25)18-10-12-19(23)13-11-18/h3-7,10-15H,8-9H2,1-2H3,(H2,24,26). The summed E-state index contributed by atoms with van der Waals surface area (Å²) < 4.78 is 2.21. The van der Waals surface area contributed by atoms with Gasteiger partial charge in [-0.15, -0.1) is 0 Å². The molecule has 0 spiro atoms. The first-order valence-corrected chi connectivity index (χ1v) is 9.16. The monoisotopic (exact) mass is 366 g/mol. The van der Waals surface area contributed by atoms with Crippen molar-refractivity contribution in [1.29, 1.82) is 0 Å². The van der Waals surface area contributed by atoms with Crippen LogP contribution in [0.3, 0.4) is 0 Å². The summed E-state index contributed by atoms with van der Waals surface area (Å²) in [6, 6.07) is 20.2. The minimum Gasteiger partial charge on any atom is -0.366 e. The van der Waals surface area contributed by atoms with Crippen molar-refractivity contribution in [3.8, 4) is 11.3 Å². The van der Waals surface area contributed by atoms with Crippen LogP contribution in [0.4, 0.5) is 0 Å². The molecule has 0 aliphatic carbocycles. The van der Waals surface area contributed by atoms with E-state index in [1.54, 1.807) is 0 Å². The molecule has 2 aromatic carbocycles. The molecule has 3 rings (SSSR count). The Labute approximate surface area is 159 Å². The van der Waals surface area contributed by atoms with Crippen LogP contribution in [0.2, 0.25) is 5.02 Å². The van der Waals surface area contributed by atoms with Gasteiger partial charge >= 0.3 is 0 Å². The number of halogens is 1. The zero-order valence-electron chi connectivity index (χ0n) is 15.1. The molecule has 0 aliphatic rings. The second-order valence-electron chi connectivity index (χ2n) is 6.64. The van der Waals surface area contributed by atoms with E-state index in [1.165, 1.54) is 5.56 Å². The maximum atomic E-state index is 11.9. The second kappa shape index (κ2) is 7.79. The van der Waals surface area contributed by atoms with Crippen LogP contribution in [-0.4, -0.2) is 10.5 Å². The number of nitrogens with zero attached hydrogens (tertiary/aromatic N) is 1. The zero-order chi connectivity index (χ0) is 18.7. The smallest absolute Gasteiger partial charge is 0.250 e. The van der Waals surface area contributed by atoms with Gasteiger partial charge in [-0.1, -0.05) is 54.1 Å². The number of rotatable bonds is 6. The van der Waals surface area contributed by atoms with Crippen LogP contribution in [0.25, 0.3) is 11.3 Å². The van der Waals surface area contributed by atoms with E-state index in [9.17, 15) is 4.79 Å². The molecule has 1 atom stereocenters. The van der Waals surface area contributed by atoms with Gasteiger partial charge in [-0.05, 0) is 56.0 Å². The topological polar surface area (TPSA) is 48.0 Å². The van der Waals surface area contributed by atoms with E-state index in [0.717, 1.165) is 29.8 Å². The molecular weight excluding hydrogens is 344 g/mol. The number of primary amides is 1. The number of nitrogens with two attached hydrogens (primary N) is 1. The lowest BCUT2D eigenvalue weighted by Crippen LogP contribution is -2.14. The largest absolute Gasteiger partial charge is 0.366 e. The van der Waals surface area contributed by atoms with E-state index in [4.69, 9.17) is 17.3 Å². The van der Waals surface area contributed by atoms with Crippen LogP contribution in [0.5, 0.6) is 0 Å². The van der Waals surface area contributed by atoms with Gasteiger partial charge in [0.1, 0.15) is 0 Å². The number of hydrogen-bond acceptors (Lipinski definition) is 1. The van der Waals surface area contributed by atoms with Gasteiger partial charge in [0.25, 0.3) is 5.91 Å². The lowest BCUT2D eigenvalue weighted by Gasteiger charge is -2.20. The van der Waals surface area contributed by atoms with E-state index in [2.05, 4.69) is 35.8 Å². The number of carbonyl (C=O) groups excluding carboxylic acids is 1. The lowest BCUT2D eigenvalue weighted by molar-refractivity contribution is 0.0999. The molecule has 26 heavy (non-hydrogen) atoms. The van der Waals surface area contributed by atoms with Crippen LogP contribution < -0.4 is 5.73 Å². The third-order valence-corrected chi connectivity index (χ3v) is 5.08. The second-order valence-corrected chi connectivity index (χ2v) is 7.08. The van der Waals surface area contributed by atoms with Gasteiger partial charge in [0.2, 0.25) is 0 Å².